The van der Waals surface area contributed by atoms with Crippen molar-refractivity contribution in [1.29, 1.82) is 0 Å². The molecule has 0 bridgehead atoms. The first kappa shape index (κ1) is 11.9. The van der Waals surface area contributed by atoms with Crippen LogP contribution in [0.15, 0.2) is 0 Å². The van der Waals surface area contributed by atoms with Gasteiger partial charge in [-0.1, -0.05) is 0 Å². The van der Waals surface area contributed by atoms with Crippen LogP contribution in [0.2, 0.25) is 0 Å². The van der Waals surface area contributed by atoms with Crippen LogP contribution in [0.3, 0.4) is 0 Å². The van der Waals surface area contributed by atoms with Crippen LogP contribution in [-0.4, -0.2) is 57.9 Å². The van der Waals surface area contributed by atoms with Gasteiger partial charge in [0.05, 0.1) is 31.5 Å². The van der Waals surface area contributed by atoms with E-state index in [1.807, 2.05) is 0 Å². The van der Waals surface area contributed by atoms with Gasteiger partial charge in [-0.15, -0.1) is 0 Å². The predicted octanol–water partition coefficient (Wildman–Crippen LogP) is -1.79. The number of hydrogen-bond acceptors (Lipinski definition) is 5. The zero-order valence-corrected chi connectivity index (χ0v) is 8.19. The maximum absolute atomic E-state index is 9.53. The molecule has 1 aliphatic rings. The summed E-state index contributed by atoms with van der Waals surface area (Å²) in [5.41, 5.74) is -1.07. The molecular weight excluding hydrogens is 186 g/mol. The number of aliphatic hydroxyl groups excluding tert-OH is 4. The Morgan fingerprint density at radius 2 is 1.64 bits per heavy atom. The van der Waals surface area contributed by atoms with Crippen LogP contribution < -0.4 is 5.32 Å². The van der Waals surface area contributed by atoms with Gasteiger partial charge >= 0.3 is 0 Å². The van der Waals surface area contributed by atoms with Gasteiger partial charge in [-0.25, -0.2) is 0 Å². The molecule has 0 aromatic rings. The lowest BCUT2D eigenvalue weighted by atomic mass is 10.0. The quantitative estimate of drug-likeness (QED) is 0.365. The molecule has 1 fully saturated rings. The molecule has 0 heterocycles. The monoisotopic (exact) mass is 205 g/mol. The van der Waals surface area contributed by atoms with E-state index in [9.17, 15) is 5.11 Å². The van der Waals surface area contributed by atoms with Crippen LogP contribution in [-0.2, 0) is 0 Å². The van der Waals surface area contributed by atoms with Crippen LogP contribution in [0.1, 0.15) is 19.3 Å². The molecule has 14 heavy (non-hydrogen) atoms. The Bertz CT molecular complexity index is 164. The van der Waals surface area contributed by atoms with E-state index in [0.717, 1.165) is 19.3 Å². The fourth-order valence-corrected chi connectivity index (χ4v) is 1.79. The van der Waals surface area contributed by atoms with Gasteiger partial charge in [0.15, 0.2) is 0 Å². The third kappa shape index (κ3) is 2.43. The summed E-state index contributed by atoms with van der Waals surface area (Å²) in [4.78, 5) is 0. The Kier molecular flexibility index (Phi) is 4.28. The lowest BCUT2D eigenvalue weighted by Crippen LogP contribution is -2.59. The van der Waals surface area contributed by atoms with Crippen molar-refractivity contribution in [2.45, 2.75) is 36.9 Å². The molecule has 1 rings (SSSR count). The molecule has 1 saturated carbocycles. The van der Waals surface area contributed by atoms with Gasteiger partial charge in [0, 0.05) is 6.04 Å². The molecule has 84 valence electrons. The highest BCUT2D eigenvalue weighted by Crippen LogP contribution is 2.21. The maximum Gasteiger partial charge on any atom is 0.0884 e. The van der Waals surface area contributed by atoms with Crippen LogP contribution in [0.25, 0.3) is 0 Å². The topological polar surface area (TPSA) is 93.0 Å². The lowest BCUT2D eigenvalue weighted by Gasteiger charge is -2.33. The van der Waals surface area contributed by atoms with Crippen molar-refractivity contribution in [2.75, 3.05) is 19.8 Å². The predicted molar refractivity (Wildman–Crippen MR) is 50.8 cm³/mol. The molecule has 0 radical (unpaired) electrons. The Morgan fingerprint density at radius 3 is 2.00 bits per heavy atom. The first-order valence-electron chi connectivity index (χ1n) is 4.96. The number of aliphatic hydroxyl groups is 4. The summed E-state index contributed by atoms with van der Waals surface area (Å²) >= 11 is 0. The second-order valence-corrected chi connectivity index (χ2v) is 4.00. The highest BCUT2D eigenvalue weighted by Gasteiger charge is 2.35. The summed E-state index contributed by atoms with van der Waals surface area (Å²) in [6, 6.07) is -0.138. The summed E-state index contributed by atoms with van der Waals surface area (Å²) in [5, 5.41) is 39.6. The van der Waals surface area contributed by atoms with Gasteiger partial charge in [0.1, 0.15) is 0 Å². The Labute approximate surface area is 83.4 Å². The van der Waals surface area contributed by atoms with Crippen molar-refractivity contribution in [3.05, 3.63) is 0 Å². The normalized spacial score (nSPS) is 28.3. The molecule has 0 aromatic carbocycles. The molecule has 5 nitrogen and oxygen atoms in total. The molecule has 2 atom stereocenters. The highest BCUT2D eigenvalue weighted by atomic mass is 16.3. The second-order valence-electron chi connectivity index (χ2n) is 4.00. The van der Waals surface area contributed by atoms with Gasteiger partial charge in [-0.05, 0) is 19.3 Å². The van der Waals surface area contributed by atoms with Crippen LogP contribution in [0, 0.1) is 0 Å². The fraction of sp³-hybridized carbons (Fsp3) is 1.00. The zero-order valence-electron chi connectivity index (χ0n) is 8.19. The molecule has 0 aliphatic heterocycles. The Balaban J connectivity index is 2.54. The minimum absolute atomic E-state index is 0.138. The summed E-state index contributed by atoms with van der Waals surface area (Å²) < 4.78 is 0. The van der Waals surface area contributed by atoms with Gasteiger partial charge in [0.2, 0.25) is 0 Å². The van der Waals surface area contributed by atoms with E-state index in [1.54, 1.807) is 0 Å². The number of hydrogen-bond donors (Lipinski definition) is 5. The molecule has 0 unspecified atom stereocenters. The van der Waals surface area contributed by atoms with Crippen LogP contribution in [0.5, 0.6) is 0 Å². The molecular formula is C9H19NO4. The van der Waals surface area contributed by atoms with E-state index in [-0.39, 0.29) is 25.9 Å². The largest absolute Gasteiger partial charge is 0.394 e. The van der Waals surface area contributed by atoms with E-state index < -0.39 is 11.6 Å². The minimum Gasteiger partial charge on any atom is -0.394 e. The Morgan fingerprint density at radius 1 is 1.07 bits per heavy atom. The highest BCUT2D eigenvalue weighted by molar-refractivity contribution is 4.94. The van der Waals surface area contributed by atoms with Gasteiger partial charge in [-0.2, -0.15) is 0 Å². The minimum atomic E-state index is -1.07. The van der Waals surface area contributed by atoms with Crippen molar-refractivity contribution in [1.82, 2.24) is 5.32 Å². The van der Waals surface area contributed by atoms with E-state index in [0.29, 0.717) is 0 Å². The van der Waals surface area contributed by atoms with Crippen molar-refractivity contribution in [3.63, 3.8) is 0 Å². The maximum atomic E-state index is 9.53. The van der Waals surface area contributed by atoms with Crippen molar-refractivity contribution in [2.24, 2.45) is 0 Å². The average molecular weight is 205 g/mol. The fourth-order valence-electron chi connectivity index (χ4n) is 1.79. The molecule has 0 saturated heterocycles. The SMILES string of the molecule is OCC(CO)(CO)N[C@@H]1CCC[C@H]1O. The number of nitrogens with one attached hydrogen (secondary N) is 1. The third-order valence-electron chi connectivity index (χ3n) is 2.88. The first-order chi connectivity index (χ1) is 6.67. The molecule has 5 N–H and O–H groups in total. The molecule has 5 heteroatoms. The number of rotatable bonds is 5. The van der Waals surface area contributed by atoms with E-state index in [2.05, 4.69) is 5.32 Å². The van der Waals surface area contributed by atoms with E-state index >= 15 is 0 Å². The van der Waals surface area contributed by atoms with Gasteiger partial charge in [0.25, 0.3) is 0 Å². The summed E-state index contributed by atoms with van der Waals surface area (Å²) in [6.45, 7) is -1.03. The van der Waals surface area contributed by atoms with Crippen LogP contribution >= 0.6 is 0 Å². The lowest BCUT2D eigenvalue weighted by molar-refractivity contribution is 0.0200. The zero-order chi connectivity index (χ0) is 10.6. The Hall–Kier alpha value is -0.200. The average Bonchev–Trinajstić information content (AvgIpc) is 2.61. The first-order valence-corrected chi connectivity index (χ1v) is 4.96. The molecule has 1 aliphatic carbocycles. The van der Waals surface area contributed by atoms with Gasteiger partial charge in [-0.3, -0.25) is 5.32 Å². The summed E-state index contributed by atoms with van der Waals surface area (Å²) in [6.07, 6.45) is 2.02. The van der Waals surface area contributed by atoms with Crippen LogP contribution in [0.4, 0.5) is 0 Å². The standard InChI is InChI=1S/C9H19NO4/c11-4-9(5-12,6-13)10-7-2-1-3-8(7)14/h7-8,10-14H,1-6H2/t7-,8-/m1/s1. The van der Waals surface area contributed by atoms with E-state index in [1.165, 1.54) is 0 Å². The smallest absolute Gasteiger partial charge is 0.0884 e. The van der Waals surface area contributed by atoms with Gasteiger partial charge < -0.3 is 20.4 Å². The van der Waals surface area contributed by atoms with E-state index in [4.69, 9.17) is 15.3 Å². The molecule has 0 aromatic heterocycles. The third-order valence-corrected chi connectivity index (χ3v) is 2.88. The summed E-state index contributed by atoms with van der Waals surface area (Å²) in [7, 11) is 0. The summed E-state index contributed by atoms with van der Waals surface area (Å²) in [5.74, 6) is 0. The molecule has 0 amide bonds. The van der Waals surface area contributed by atoms with Crippen molar-refractivity contribution < 1.29 is 20.4 Å². The second kappa shape index (κ2) is 5.04. The van der Waals surface area contributed by atoms with Crippen molar-refractivity contribution >= 4 is 0 Å². The van der Waals surface area contributed by atoms with Crippen molar-refractivity contribution in [3.8, 4) is 0 Å². The molecule has 0 spiro atoms.